The molecule has 3 aromatic rings. The van der Waals surface area contributed by atoms with Crippen LogP contribution in [0.2, 0.25) is 5.02 Å². The molecule has 6 nitrogen and oxygen atoms in total. The standard InChI is InChI=1S/C20H21ClN4O2/c21-14-4-5-18-16(11-14)17(12-23-18)19(20(26)27)25-9-7-24(8-10-25)13-15-3-1-2-6-22-15/h1-6,11-12,19,23H,7-10,13H2,(H,26,27)/t19-/m0/s1. The molecule has 1 aliphatic rings. The maximum atomic E-state index is 12.1. The van der Waals surface area contributed by atoms with Gasteiger partial charge < -0.3 is 10.1 Å². The Kier molecular flexibility index (Phi) is 5.11. The van der Waals surface area contributed by atoms with Crippen molar-refractivity contribution in [1.29, 1.82) is 0 Å². The third-order valence-electron chi connectivity index (χ3n) is 5.09. The molecule has 1 fully saturated rings. The molecule has 7 heteroatoms. The fraction of sp³-hybridized carbons (Fsp3) is 0.300. The molecular formula is C20H21ClN4O2. The van der Waals surface area contributed by atoms with E-state index in [9.17, 15) is 9.90 Å². The fourth-order valence-corrected chi connectivity index (χ4v) is 3.90. The van der Waals surface area contributed by atoms with Crippen LogP contribution in [0.5, 0.6) is 0 Å². The summed E-state index contributed by atoms with van der Waals surface area (Å²) in [5, 5.41) is 11.4. The van der Waals surface area contributed by atoms with Crippen LogP contribution in [-0.4, -0.2) is 57.0 Å². The summed E-state index contributed by atoms with van der Waals surface area (Å²) in [7, 11) is 0. The number of halogens is 1. The molecule has 2 aromatic heterocycles. The highest BCUT2D eigenvalue weighted by Crippen LogP contribution is 2.31. The predicted molar refractivity (Wildman–Crippen MR) is 105 cm³/mol. The van der Waals surface area contributed by atoms with E-state index >= 15 is 0 Å². The summed E-state index contributed by atoms with van der Waals surface area (Å²) >= 11 is 6.13. The zero-order chi connectivity index (χ0) is 18.8. The molecule has 27 heavy (non-hydrogen) atoms. The Hall–Kier alpha value is -2.41. The summed E-state index contributed by atoms with van der Waals surface area (Å²) in [4.78, 5) is 24.0. The van der Waals surface area contributed by atoms with E-state index in [1.54, 1.807) is 18.5 Å². The molecule has 0 saturated carbocycles. The van der Waals surface area contributed by atoms with Gasteiger partial charge in [-0.15, -0.1) is 0 Å². The van der Waals surface area contributed by atoms with Crippen molar-refractivity contribution in [3.05, 3.63) is 65.1 Å². The maximum absolute atomic E-state index is 12.1. The van der Waals surface area contributed by atoms with Gasteiger partial charge in [0.1, 0.15) is 6.04 Å². The molecule has 0 aliphatic carbocycles. The van der Waals surface area contributed by atoms with Gasteiger partial charge in [0, 0.05) is 66.6 Å². The summed E-state index contributed by atoms with van der Waals surface area (Å²) in [6.45, 7) is 3.79. The number of piperazine rings is 1. The SMILES string of the molecule is O=C(O)[C@H](c1c[nH]c2ccc(Cl)cc12)N1CCN(Cc2ccccn2)CC1. The lowest BCUT2D eigenvalue weighted by atomic mass is 10.0. The van der Waals surface area contributed by atoms with Gasteiger partial charge in [-0.3, -0.25) is 19.6 Å². The number of carbonyl (C=O) groups is 1. The Bertz CT molecular complexity index is 936. The van der Waals surface area contributed by atoms with Crippen molar-refractivity contribution in [2.75, 3.05) is 26.2 Å². The van der Waals surface area contributed by atoms with Crippen LogP contribution in [-0.2, 0) is 11.3 Å². The highest BCUT2D eigenvalue weighted by atomic mass is 35.5. The van der Waals surface area contributed by atoms with Crippen molar-refractivity contribution >= 4 is 28.5 Å². The van der Waals surface area contributed by atoms with Gasteiger partial charge in [-0.25, -0.2) is 0 Å². The van der Waals surface area contributed by atoms with Gasteiger partial charge in [0.15, 0.2) is 0 Å². The van der Waals surface area contributed by atoms with Crippen molar-refractivity contribution < 1.29 is 9.90 Å². The minimum absolute atomic E-state index is 0.604. The van der Waals surface area contributed by atoms with E-state index in [1.165, 1.54) is 0 Å². The zero-order valence-electron chi connectivity index (χ0n) is 14.8. The first kappa shape index (κ1) is 18.0. The molecule has 1 saturated heterocycles. The highest BCUT2D eigenvalue weighted by molar-refractivity contribution is 6.31. The van der Waals surface area contributed by atoms with Crippen LogP contribution in [0.25, 0.3) is 10.9 Å². The monoisotopic (exact) mass is 384 g/mol. The first-order valence-corrected chi connectivity index (χ1v) is 9.35. The molecule has 4 rings (SSSR count). The van der Waals surface area contributed by atoms with Crippen molar-refractivity contribution in [2.24, 2.45) is 0 Å². The fourth-order valence-electron chi connectivity index (χ4n) is 3.73. The average Bonchev–Trinajstić information content (AvgIpc) is 3.07. The number of nitrogens with one attached hydrogen (secondary N) is 1. The van der Waals surface area contributed by atoms with E-state index in [0.717, 1.165) is 41.8 Å². The molecule has 2 N–H and O–H groups in total. The van der Waals surface area contributed by atoms with Crippen molar-refractivity contribution in [2.45, 2.75) is 12.6 Å². The number of pyridine rings is 1. The number of nitrogens with zero attached hydrogens (tertiary/aromatic N) is 3. The normalized spacial score (nSPS) is 17.2. The van der Waals surface area contributed by atoms with Crippen molar-refractivity contribution in [3.63, 3.8) is 0 Å². The van der Waals surface area contributed by atoms with E-state index in [0.29, 0.717) is 18.1 Å². The number of carboxylic acid groups (broad SMARTS) is 1. The Morgan fingerprint density at radius 1 is 1.22 bits per heavy atom. The van der Waals surface area contributed by atoms with Crippen LogP contribution in [0.4, 0.5) is 0 Å². The summed E-state index contributed by atoms with van der Waals surface area (Å²) in [5.74, 6) is -0.839. The van der Waals surface area contributed by atoms with Crippen molar-refractivity contribution in [1.82, 2.24) is 19.8 Å². The molecule has 1 atom stereocenters. The van der Waals surface area contributed by atoms with Crippen LogP contribution in [0.15, 0.2) is 48.8 Å². The topological polar surface area (TPSA) is 72.5 Å². The summed E-state index contributed by atoms with van der Waals surface area (Å²) in [6.07, 6.45) is 3.59. The first-order chi connectivity index (χ1) is 13.1. The van der Waals surface area contributed by atoms with Gasteiger partial charge in [-0.05, 0) is 30.3 Å². The van der Waals surface area contributed by atoms with E-state index < -0.39 is 12.0 Å². The maximum Gasteiger partial charge on any atom is 0.325 e. The van der Waals surface area contributed by atoms with Crippen LogP contribution in [0.1, 0.15) is 17.3 Å². The number of H-pyrrole nitrogens is 1. The third kappa shape index (κ3) is 3.83. The van der Waals surface area contributed by atoms with Gasteiger partial charge in [0.25, 0.3) is 0 Å². The highest BCUT2D eigenvalue weighted by Gasteiger charge is 2.32. The minimum atomic E-state index is -0.839. The predicted octanol–water partition coefficient (Wildman–Crippen LogP) is 3.16. The molecule has 0 amide bonds. The van der Waals surface area contributed by atoms with Crippen molar-refractivity contribution in [3.8, 4) is 0 Å². The third-order valence-corrected chi connectivity index (χ3v) is 5.32. The largest absolute Gasteiger partial charge is 0.480 e. The average molecular weight is 385 g/mol. The zero-order valence-corrected chi connectivity index (χ0v) is 15.6. The van der Waals surface area contributed by atoms with Gasteiger partial charge >= 0.3 is 5.97 Å². The molecule has 140 valence electrons. The summed E-state index contributed by atoms with van der Waals surface area (Å²) in [6, 6.07) is 10.7. The number of aliphatic carboxylic acids is 1. The molecule has 0 spiro atoms. The summed E-state index contributed by atoms with van der Waals surface area (Å²) < 4.78 is 0. The van der Waals surface area contributed by atoms with E-state index in [-0.39, 0.29) is 0 Å². The van der Waals surface area contributed by atoms with Crippen LogP contribution < -0.4 is 0 Å². The number of benzene rings is 1. The molecule has 0 unspecified atom stereocenters. The second kappa shape index (κ2) is 7.68. The second-order valence-corrected chi connectivity index (χ2v) is 7.24. The molecule has 0 bridgehead atoms. The number of hydrogen-bond donors (Lipinski definition) is 2. The van der Waals surface area contributed by atoms with E-state index in [1.807, 2.05) is 35.2 Å². The van der Waals surface area contributed by atoms with Gasteiger partial charge in [0.05, 0.1) is 5.69 Å². The van der Waals surface area contributed by atoms with Gasteiger partial charge in [-0.2, -0.15) is 0 Å². The number of rotatable bonds is 5. The Morgan fingerprint density at radius 2 is 2.04 bits per heavy atom. The molecule has 1 aliphatic heterocycles. The second-order valence-electron chi connectivity index (χ2n) is 6.81. The van der Waals surface area contributed by atoms with Crippen LogP contribution in [0.3, 0.4) is 0 Å². The quantitative estimate of drug-likeness (QED) is 0.707. The molecular weight excluding hydrogens is 364 g/mol. The molecule has 0 radical (unpaired) electrons. The Morgan fingerprint density at radius 3 is 2.74 bits per heavy atom. The lowest BCUT2D eigenvalue weighted by molar-refractivity contribution is -0.144. The Balaban J connectivity index is 1.50. The molecule has 3 heterocycles. The van der Waals surface area contributed by atoms with Crippen LogP contribution >= 0.6 is 11.6 Å². The number of aromatic amines is 1. The van der Waals surface area contributed by atoms with E-state index in [4.69, 9.17) is 11.6 Å². The minimum Gasteiger partial charge on any atom is -0.480 e. The number of fused-ring (bicyclic) bond motifs is 1. The number of aromatic nitrogens is 2. The number of hydrogen-bond acceptors (Lipinski definition) is 4. The van der Waals surface area contributed by atoms with Gasteiger partial charge in [-0.1, -0.05) is 17.7 Å². The lowest BCUT2D eigenvalue weighted by Crippen LogP contribution is -2.48. The Labute approximate surface area is 162 Å². The smallest absolute Gasteiger partial charge is 0.325 e. The number of carboxylic acids is 1. The van der Waals surface area contributed by atoms with Gasteiger partial charge in [0.2, 0.25) is 0 Å². The lowest BCUT2D eigenvalue weighted by Gasteiger charge is -2.37. The first-order valence-electron chi connectivity index (χ1n) is 8.97. The molecule has 1 aromatic carbocycles. The van der Waals surface area contributed by atoms with E-state index in [2.05, 4.69) is 14.9 Å². The van der Waals surface area contributed by atoms with Crippen LogP contribution in [0, 0.1) is 0 Å². The summed E-state index contributed by atoms with van der Waals surface area (Å²) in [5.41, 5.74) is 2.69.